The van der Waals surface area contributed by atoms with E-state index in [1.165, 1.54) is 6.42 Å². The predicted molar refractivity (Wildman–Crippen MR) is 99.9 cm³/mol. The molecule has 3 aliphatic carbocycles. The van der Waals surface area contributed by atoms with Crippen molar-refractivity contribution in [3.63, 3.8) is 0 Å². The molecule has 0 heterocycles. The first-order chi connectivity index (χ1) is 11.5. The fourth-order valence-corrected chi connectivity index (χ4v) is 6.64. The number of carbonyl (C=O) groups is 1. The van der Waals surface area contributed by atoms with Gasteiger partial charge in [0.2, 0.25) is 0 Å². The molecular formula is C22H38O3. The Morgan fingerprint density at radius 2 is 1.60 bits per heavy atom. The molecule has 0 amide bonds. The smallest absolute Gasteiger partial charge is 0.309 e. The summed E-state index contributed by atoms with van der Waals surface area (Å²) in [4.78, 5) is 13.0. The highest BCUT2D eigenvalue weighted by Crippen LogP contribution is 2.60. The van der Waals surface area contributed by atoms with E-state index in [0.717, 1.165) is 38.0 Å². The maximum atomic E-state index is 13.0. The molecule has 3 aliphatic rings. The number of aliphatic hydroxyl groups is 1. The number of fused-ring (bicyclic) bond motifs is 2. The average Bonchev–Trinajstić information content (AvgIpc) is 3.04. The summed E-state index contributed by atoms with van der Waals surface area (Å²) in [5.41, 5.74) is -0.0817. The van der Waals surface area contributed by atoms with Crippen LogP contribution in [0.2, 0.25) is 0 Å². The first-order valence-electron chi connectivity index (χ1n) is 10.4. The molecular weight excluding hydrogens is 312 g/mol. The fourth-order valence-electron chi connectivity index (χ4n) is 6.64. The van der Waals surface area contributed by atoms with Crippen molar-refractivity contribution in [2.45, 2.75) is 91.8 Å². The molecule has 0 spiro atoms. The molecule has 3 saturated carbocycles. The Bertz CT molecular complexity index is 494. The summed E-state index contributed by atoms with van der Waals surface area (Å²) < 4.78 is 6.10. The lowest BCUT2D eigenvalue weighted by Crippen LogP contribution is -2.43. The van der Waals surface area contributed by atoms with E-state index in [-0.39, 0.29) is 18.0 Å². The van der Waals surface area contributed by atoms with Gasteiger partial charge in [0.05, 0.1) is 12.0 Å². The Hall–Kier alpha value is -0.570. The van der Waals surface area contributed by atoms with E-state index in [9.17, 15) is 9.90 Å². The van der Waals surface area contributed by atoms with Gasteiger partial charge >= 0.3 is 5.97 Å². The van der Waals surface area contributed by atoms with Gasteiger partial charge in [0.15, 0.2) is 0 Å². The highest BCUT2D eigenvalue weighted by molar-refractivity contribution is 5.74. The minimum Gasteiger partial charge on any atom is -0.459 e. The molecule has 3 nitrogen and oxygen atoms in total. The van der Waals surface area contributed by atoms with Gasteiger partial charge in [-0.05, 0) is 87.4 Å². The van der Waals surface area contributed by atoms with Crippen molar-refractivity contribution in [1.29, 1.82) is 0 Å². The van der Waals surface area contributed by atoms with Crippen LogP contribution in [-0.2, 0) is 9.53 Å². The van der Waals surface area contributed by atoms with Crippen molar-refractivity contribution in [3.8, 4) is 0 Å². The first kappa shape index (κ1) is 19.2. The van der Waals surface area contributed by atoms with Crippen molar-refractivity contribution in [2.75, 3.05) is 0 Å². The van der Waals surface area contributed by atoms with Crippen LogP contribution < -0.4 is 0 Å². The lowest BCUT2D eigenvalue weighted by Gasteiger charge is -2.42. The van der Waals surface area contributed by atoms with Crippen LogP contribution in [0.4, 0.5) is 0 Å². The summed E-state index contributed by atoms with van der Waals surface area (Å²) >= 11 is 0. The zero-order chi connectivity index (χ0) is 18.6. The molecule has 2 bridgehead atoms. The largest absolute Gasteiger partial charge is 0.459 e. The van der Waals surface area contributed by atoms with Crippen LogP contribution in [0, 0.1) is 40.9 Å². The van der Waals surface area contributed by atoms with Crippen LogP contribution in [0.5, 0.6) is 0 Å². The SMILES string of the molecule is CC1C2CC(CC2C(=O)OC(C)(C)C2CCC(O)CC2)C1C(C)(C)C. The highest BCUT2D eigenvalue weighted by atomic mass is 16.6. The molecule has 0 saturated heterocycles. The summed E-state index contributed by atoms with van der Waals surface area (Å²) in [6.45, 7) is 13.5. The predicted octanol–water partition coefficient (Wildman–Crippen LogP) is 4.81. The van der Waals surface area contributed by atoms with E-state index in [0.29, 0.717) is 29.1 Å². The summed E-state index contributed by atoms with van der Waals surface area (Å²) in [5, 5.41) is 9.73. The number of esters is 1. The van der Waals surface area contributed by atoms with Gasteiger partial charge in [-0.25, -0.2) is 0 Å². The minimum atomic E-state index is -0.411. The van der Waals surface area contributed by atoms with Crippen LogP contribution in [0.15, 0.2) is 0 Å². The van der Waals surface area contributed by atoms with Crippen LogP contribution >= 0.6 is 0 Å². The Kier molecular flexibility index (Phi) is 5.03. The topological polar surface area (TPSA) is 46.5 Å². The Labute approximate surface area is 153 Å². The maximum absolute atomic E-state index is 13.0. The normalized spacial score (nSPS) is 41.8. The first-order valence-corrected chi connectivity index (χ1v) is 10.4. The zero-order valence-electron chi connectivity index (χ0n) is 17.0. The lowest BCUT2D eigenvalue weighted by atomic mass is 9.64. The molecule has 0 aliphatic heterocycles. The average molecular weight is 351 g/mol. The molecule has 3 heteroatoms. The van der Waals surface area contributed by atoms with Crippen LogP contribution in [-0.4, -0.2) is 22.8 Å². The van der Waals surface area contributed by atoms with Crippen molar-refractivity contribution in [2.24, 2.45) is 40.9 Å². The van der Waals surface area contributed by atoms with Gasteiger partial charge in [0.1, 0.15) is 5.60 Å². The summed E-state index contributed by atoms with van der Waals surface area (Å²) in [5.74, 6) is 3.06. The molecule has 0 aromatic heterocycles. The Balaban J connectivity index is 1.62. The molecule has 0 radical (unpaired) electrons. The van der Waals surface area contributed by atoms with Gasteiger partial charge in [-0.1, -0.05) is 27.7 Å². The van der Waals surface area contributed by atoms with Crippen molar-refractivity contribution < 1.29 is 14.6 Å². The molecule has 0 aromatic rings. The van der Waals surface area contributed by atoms with E-state index in [4.69, 9.17) is 4.74 Å². The molecule has 5 atom stereocenters. The summed E-state index contributed by atoms with van der Waals surface area (Å²) in [6, 6.07) is 0. The third-order valence-electron chi connectivity index (χ3n) is 7.74. The van der Waals surface area contributed by atoms with E-state index in [1.54, 1.807) is 0 Å². The number of hydrogen-bond acceptors (Lipinski definition) is 3. The number of rotatable bonds is 3. The Morgan fingerprint density at radius 1 is 1.00 bits per heavy atom. The second-order valence-electron chi connectivity index (χ2n) is 10.8. The quantitative estimate of drug-likeness (QED) is 0.743. The lowest BCUT2D eigenvalue weighted by molar-refractivity contribution is -0.172. The van der Waals surface area contributed by atoms with E-state index < -0.39 is 5.60 Å². The van der Waals surface area contributed by atoms with Gasteiger partial charge in [0.25, 0.3) is 0 Å². The van der Waals surface area contributed by atoms with Gasteiger partial charge in [-0.2, -0.15) is 0 Å². The van der Waals surface area contributed by atoms with Gasteiger partial charge in [0, 0.05) is 0 Å². The zero-order valence-corrected chi connectivity index (χ0v) is 17.0. The third-order valence-corrected chi connectivity index (χ3v) is 7.74. The molecule has 5 unspecified atom stereocenters. The second-order valence-corrected chi connectivity index (χ2v) is 10.8. The molecule has 25 heavy (non-hydrogen) atoms. The van der Waals surface area contributed by atoms with Crippen molar-refractivity contribution >= 4 is 5.97 Å². The minimum absolute atomic E-state index is 0.0443. The molecule has 3 fully saturated rings. The monoisotopic (exact) mass is 350 g/mol. The number of carbonyl (C=O) groups excluding carboxylic acids is 1. The van der Waals surface area contributed by atoms with Gasteiger partial charge < -0.3 is 9.84 Å². The number of hydrogen-bond donors (Lipinski definition) is 1. The number of ether oxygens (including phenoxy) is 1. The van der Waals surface area contributed by atoms with Gasteiger partial charge in [-0.15, -0.1) is 0 Å². The van der Waals surface area contributed by atoms with Crippen molar-refractivity contribution in [1.82, 2.24) is 0 Å². The standard InChI is InChI=1S/C22H38O3/c1-13-17-11-14(19(13)21(2,3)4)12-18(17)20(24)25-22(5,6)15-7-9-16(23)10-8-15/h13-19,23H,7-12H2,1-6H3. The van der Waals surface area contributed by atoms with E-state index in [2.05, 4.69) is 41.5 Å². The van der Waals surface area contributed by atoms with Crippen LogP contribution in [0.3, 0.4) is 0 Å². The molecule has 0 aromatic carbocycles. The summed E-state index contributed by atoms with van der Waals surface area (Å²) in [7, 11) is 0. The maximum Gasteiger partial charge on any atom is 0.309 e. The highest BCUT2D eigenvalue weighted by Gasteiger charge is 2.56. The fraction of sp³-hybridized carbons (Fsp3) is 0.955. The Morgan fingerprint density at radius 3 is 2.12 bits per heavy atom. The molecule has 3 rings (SSSR count). The third kappa shape index (κ3) is 3.63. The summed E-state index contributed by atoms with van der Waals surface area (Å²) in [6.07, 6.45) is 5.66. The van der Waals surface area contributed by atoms with Crippen LogP contribution in [0.1, 0.15) is 80.1 Å². The second kappa shape index (κ2) is 6.55. The van der Waals surface area contributed by atoms with E-state index >= 15 is 0 Å². The van der Waals surface area contributed by atoms with Crippen molar-refractivity contribution in [3.05, 3.63) is 0 Å². The molecule has 1 N–H and O–H groups in total. The molecule has 144 valence electrons. The van der Waals surface area contributed by atoms with Gasteiger partial charge in [-0.3, -0.25) is 4.79 Å². The number of aliphatic hydroxyl groups excluding tert-OH is 1. The van der Waals surface area contributed by atoms with E-state index in [1.807, 2.05) is 0 Å². The van der Waals surface area contributed by atoms with Crippen LogP contribution in [0.25, 0.3) is 0 Å².